The van der Waals surface area contributed by atoms with E-state index < -0.39 is 0 Å². The second-order valence-electron chi connectivity index (χ2n) is 5.43. The summed E-state index contributed by atoms with van der Waals surface area (Å²) in [6.45, 7) is 9.69. The first-order chi connectivity index (χ1) is 7.95. The molecular weight excluding hydrogens is 210 g/mol. The molecular formula is C15H25NO. The van der Waals surface area contributed by atoms with Gasteiger partial charge in [-0.3, -0.25) is 0 Å². The highest BCUT2D eigenvalue weighted by Crippen LogP contribution is 2.29. The van der Waals surface area contributed by atoms with Crippen molar-refractivity contribution in [3.8, 4) is 5.75 Å². The Hall–Kier alpha value is -1.02. The summed E-state index contributed by atoms with van der Waals surface area (Å²) in [6.07, 6.45) is 1.35. The van der Waals surface area contributed by atoms with Crippen LogP contribution in [0.2, 0.25) is 0 Å². The van der Waals surface area contributed by atoms with Gasteiger partial charge >= 0.3 is 0 Å². The molecule has 0 spiro atoms. The fourth-order valence-corrected chi connectivity index (χ4v) is 1.84. The van der Waals surface area contributed by atoms with Crippen molar-refractivity contribution in [1.82, 2.24) is 5.32 Å². The highest BCUT2D eigenvalue weighted by molar-refractivity contribution is 5.33. The van der Waals surface area contributed by atoms with E-state index in [2.05, 4.69) is 51.2 Å². The third-order valence-electron chi connectivity index (χ3n) is 2.99. The molecule has 0 aliphatic heterocycles. The van der Waals surface area contributed by atoms with Crippen LogP contribution in [0.15, 0.2) is 24.3 Å². The van der Waals surface area contributed by atoms with E-state index in [1.54, 1.807) is 0 Å². The summed E-state index contributed by atoms with van der Waals surface area (Å²) in [5, 5.41) is 3.21. The Kier molecular flexibility index (Phi) is 5.01. The number of hydrogen-bond donors (Lipinski definition) is 1. The quantitative estimate of drug-likeness (QED) is 0.816. The Morgan fingerprint density at radius 2 is 2.00 bits per heavy atom. The van der Waals surface area contributed by atoms with Crippen LogP contribution >= 0.6 is 0 Å². The van der Waals surface area contributed by atoms with E-state index in [9.17, 15) is 0 Å². The molecule has 0 unspecified atom stereocenters. The van der Waals surface area contributed by atoms with Gasteiger partial charge < -0.3 is 10.1 Å². The summed E-state index contributed by atoms with van der Waals surface area (Å²) >= 11 is 0. The molecule has 0 radical (unpaired) electrons. The molecule has 1 aromatic carbocycles. The first-order valence-electron chi connectivity index (χ1n) is 6.37. The van der Waals surface area contributed by atoms with Crippen molar-refractivity contribution in [1.29, 1.82) is 0 Å². The van der Waals surface area contributed by atoms with Crippen molar-refractivity contribution < 1.29 is 4.74 Å². The first-order valence-corrected chi connectivity index (χ1v) is 6.37. The van der Waals surface area contributed by atoms with E-state index in [4.69, 9.17) is 4.74 Å². The molecule has 1 aromatic rings. The molecule has 0 aromatic heterocycles. The molecule has 1 rings (SSSR count). The Morgan fingerprint density at radius 1 is 1.29 bits per heavy atom. The van der Waals surface area contributed by atoms with E-state index in [1.165, 1.54) is 5.56 Å². The van der Waals surface area contributed by atoms with Crippen LogP contribution in [0.4, 0.5) is 0 Å². The smallest absolute Gasteiger partial charge is 0.119 e. The van der Waals surface area contributed by atoms with Crippen molar-refractivity contribution in [2.45, 2.75) is 45.6 Å². The third-order valence-corrected chi connectivity index (χ3v) is 2.99. The molecule has 0 bridgehead atoms. The molecule has 0 amide bonds. The SMILES string of the molecule is CNCCC(C)(C)c1cccc(OC(C)C)c1. The molecule has 0 aliphatic rings. The fourth-order valence-electron chi connectivity index (χ4n) is 1.84. The van der Waals surface area contributed by atoms with Gasteiger partial charge in [0, 0.05) is 0 Å². The third kappa shape index (κ3) is 4.39. The molecule has 2 nitrogen and oxygen atoms in total. The highest BCUT2D eigenvalue weighted by Gasteiger charge is 2.20. The summed E-state index contributed by atoms with van der Waals surface area (Å²) < 4.78 is 5.74. The minimum absolute atomic E-state index is 0.180. The summed E-state index contributed by atoms with van der Waals surface area (Å²) in [5.74, 6) is 0.968. The fraction of sp³-hybridized carbons (Fsp3) is 0.600. The largest absolute Gasteiger partial charge is 0.491 e. The number of nitrogens with one attached hydrogen (secondary N) is 1. The van der Waals surface area contributed by atoms with Gasteiger partial charge in [0.15, 0.2) is 0 Å². The van der Waals surface area contributed by atoms with Gasteiger partial charge in [0.05, 0.1) is 6.10 Å². The zero-order chi connectivity index (χ0) is 12.9. The molecule has 0 saturated carbocycles. The van der Waals surface area contributed by atoms with Crippen molar-refractivity contribution in [3.05, 3.63) is 29.8 Å². The lowest BCUT2D eigenvalue weighted by atomic mass is 9.81. The standard InChI is InChI=1S/C15H25NO/c1-12(2)17-14-8-6-7-13(11-14)15(3,4)9-10-16-5/h6-8,11-12,16H,9-10H2,1-5H3. The average Bonchev–Trinajstić information content (AvgIpc) is 2.26. The van der Waals surface area contributed by atoms with Gasteiger partial charge in [0.25, 0.3) is 0 Å². The Morgan fingerprint density at radius 3 is 2.59 bits per heavy atom. The van der Waals surface area contributed by atoms with E-state index in [-0.39, 0.29) is 11.5 Å². The molecule has 0 saturated heterocycles. The lowest BCUT2D eigenvalue weighted by molar-refractivity contribution is 0.241. The summed E-state index contributed by atoms with van der Waals surface area (Å²) in [4.78, 5) is 0. The van der Waals surface area contributed by atoms with Crippen LogP contribution < -0.4 is 10.1 Å². The van der Waals surface area contributed by atoms with Gasteiger partial charge in [-0.25, -0.2) is 0 Å². The van der Waals surface area contributed by atoms with Crippen LogP contribution in [0.25, 0.3) is 0 Å². The minimum Gasteiger partial charge on any atom is -0.491 e. The lowest BCUT2D eigenvalue weighted by Crippen LogP contribution is -2.23. The van der Waals surface area contributed by atoms with Crippen molar-refractivity contribution in [2.24, 2.45) is 0 Å². The van der Waals surface area contributed by atoms with Crippen LogP contribution in [0, 0.1) is 0 Å². The van der Waals surface area contributed by atoms with Crippen LogP contribution in [-0.4, -0.2) is 19.7 Å². The molecule has 0 atom stereocenters. The first kappa shape index (κ1) is 14.0. The van der Waals surface area contributed by atoms with Crippen LogP contribution in [0.1, 0.15) is 39.7 Å². The summed E-state index contributed by atoms with van der Waals surface area (Å²) in [6, 6.07) is 8.45. The van der Waals surface area contributed by atoms with Gasteiger partial charge in [-0.05, 0) is 57.0 Å². The van der Waals surface area contributed by atoms with Gasteiger partial charge in [-0.2, -0.15) is 0 Å². The van der Waals surface area contributed by atoms with Crippen molar-refractivity contribution in [2.75, 3.05) is 13.6 Å². The second-order valence-corrected chi connectivity index (χ2v) is 5.43. The number of ether oxygens (including phenoxy) is 1. The van der Waals surface area contributed by atoms with E-state index >= 15 is 0 Å². The van der Waals surface area contributed by atoms with Crippen LogP contribution in [0.3, 0.4) is 0 Å². The normalized spacial score (nSPS) is 11.9. The average molecular weight is 235 g/mol. The van der Waals surface area contributed by atoms with E-state index in [0.29, 0.717) is 0 Å². The van der Waals surface area contributed by atoms with E-state index in [0.717, 1.165) is 18.7 Å². The maximum absolute atomic E-state index is 5.74. The second kappa shape index (κ2) is 6.06. The lowest BCUT2D eigenvalue weighted by Gasteiger charge is -2.26. The molecule has 0 fully saturated rings. The molecule has 0 aliphatic carbocycles. The Balaban J connectivity index is 2.82. The molecule has 17 heavy (non-hydrogen) atoms. The number of benzene rings is 1. The Labute approximate surface area is 105 Å². The molecule has 2 heteroatoms. The van der Waals surface area contributed by atoms with Crippen LogP contribution in [-0.2, 0) is 5.41 Å². The van der Waals surface area contributed by atoms with Gasteiger partial charge in [0.1, 0.15) is 5.75 Å². The highest BCUT2D eigenvalue weighted by atomic mass is 16.5. The predicted octanol–water partition coefficient (Wildman–Crippen LogP) is 3.36. The minimum atomic E-state index is 0.180. The van der Waals surface area contributed by atoms with Crippen LogP contribution in [0.5, 0.6) is 5.75 Å². The van der Waals surface area contributed by atoms with Crippen molar-refractivity contribution in [3.63, 3.8) is 0 Å². The van der Waals surface area contributed by atoms with Gasteiger partial charge in [0.2, 0.25) is 0 Å². The van der Waals surface area contributed by atoms with Gasteiger partial charge in [-0.15, -0.1) is 0 Å². The number of hydrogen-bond acceptors (Lipinski definition) is 2. The topological polar surface area (TPSA) is 21.3 Å². The summed E-state index contributed by atoms with van der Waals surface area (Å²) in [7, 11) is 1.99. The van der Waals surface area contributed by atoms with Gasteiger partial charge in [-0.1, -0.05) is 26.0 Å². The monoisotopic (exact) mass is 235 g/mol. The van der Waals surface area contributed by atoms with E-state index in [1.807, 2.05) is 13.1 Å². The number of rotatable bonds is 6. The maximum atomic E-state index is 5.74. The zero-order valence-corrected chi connectivity index (χ0v) is 11.7. The Bertz CT molecular complexity index is 345. The zero-order valence-electron chi connectivity index (χ0n) is 11.7. The molecule has 1 N–H and O–H groups in total. The maximum Gasteiger partial charge on any atom is 0.119 e. The van der Waals surface area contributed by atoms with Crippen molar-refractivity contribution >= 4 is 0 Å². The molecule has 0 heterocycles. The molecule has 96 valence electrons. The predicted molar refractivity (Wildman–Crippen MR) is 73.8 cm³/mol. The summed E-state index contributed by atoms with van der Waals surface area (Å²) in [5.41, 5.74) is 1.52.